The molecule has 0 spiro atoms. The predicted molar refractivity (Wildman–Crippen MR) is 75.3 cm³/mol. The van der Waals surface area contributed by atoms with Gasteiger partial charge in [0, 0.05) is 11.9 Å². The van der Waals surface area contributed by atoms with Crippen LogP contribution in [0.4, 0.5) is 5.69 Å². The molecule has 1 aromatic heterocycles. The van der Waals surface area contributed by atoms with Crippen molar-refractivity contribution in [3.8, 4) is 0 Å². The highest BCUT2D eigenvalue weighted by molar-refractivity contribution is 6.30. The number of carboxylic acids is 1. The third kappa shape index (κ3) is 3.13. The Balaban J connectivity index is 2.25. The summed E-state index contributed by atoms with van der Waals surface area (Å²) in [6, 6.07) is 7.58. The lowest BCUT2D eigenvalue weighted by Crippen LogP contribution is -2.14. The molecule has 1 heterocycles. The first-order valence-electron chi connectivity index (χ1n) is 5.74. The van der Waals surface area contributed by atoms with Crippen LogP contribution >= 0.6 is 11.6 Å². The third-order valence-corrected chi connectivity index (χ3v) is 2.92. The van der Waals surface area contributed by atoms with Gasteiger partial charge in [-0.2, -0.15) is 0 Å². The van der Waals surface area contributed by atoms with Gasteiger partial charge in [-0.25, -0.2) is 9.78 Å². The summed E-state index contributed by atoms with van der Waals surface area (Å²) in [5, 5.41) is 12.0. The van der Waals surface area contributed by atoms with Gasteiger partial charge in [0.25, 0.3) is 5.91 Å². The molecule has 6 heteroatoms. The molecule has 102 valence electrons. The maximum absolute atomic E-state index is 12.0. The summed E-state index contributed by atoms with van der Waals surface area (Å²) in [6.07, 6.45) is 1.37. The standard InChI is InChI=1S/C14H11ClN2O3/c1-8-2-3-9(14(19)20)6-12(8)17-13(18)11-5-4-10(15)7-16-11/h2-7H,1H3,(H,17,18)(H,19,20). The van der Waals surface area contributed by atoms with E-state index in [1.165, 1.54) is 24.4 Å². The van der Waals surface area contributed by atoms with E-state index < -0.39 is 11.9 Å². The molecule has 0 atom stereocenters. The molecule has 0 aliphatic rings. The number of halogens is 1. The largest absolute Gasteiger partial charge is 0.478 e. The van der Waals surface area contributed by atoms with Crippen LogP contribution in [-0.2, 0) is 0 Å². The van der Waals surface area contributed by atoms with Crippen LogP contribution in [0.5, 0.6) is 0 Å². The number of hydrogen-bond acceptors (Lipinski definition) is 3. The lowest BCUT2D eigenvalue weighted by atomic mass is 10.1. The minimum absolute atomic E-state index is 0.106. The summed E-state index contributed by atoms with van der Waals surface area (Å²) in [7, 11) is 0. The van der Waals surface area contributed by atoms with E-state index in [0.717, 1.165) is 5.56 Å². The molecule has 2 rings (SSSR count). The molecular formula is C14H11ClN2O3. The predicted octanol–water partition coefficient (Wildman–Crippen LogP) is 2.99. The smallest absolute Gasteiger partial charge is 0.335 e. The molecule has 1 aromatic carbocycles. The van der Waals surface area contributed by atoms with E-state index in [2.05, 4.69) is 10.3 Å². The van der Waals surface area contributed by atoms with E-state index in [1.807, 2.05) is 0 Å². The highest BCUT2D eigenvalue weighted by Gasteiger charge is 2.11. The number of nitrogens with zero attached hydrogens (tertiary/aromatic N) is 1. The average Bonchev–Trinajstić information content (AvgIpc) is 2.41. The fourth-order valence-electron chi connectivity index (χ4n) is 1.59. The number of amides is 1. The SMILES string of the molecule is Cc1ccc(C(=O)O)cc1NC(=O)c1ccc(Cl)cn1. The van der Waals surface area contributed by atoms with Gasteiger partial charge in [-0.1, -0.05) is 17.7 Å². The number of pyridine rings is 1. The summed E-state index contributed by atoms with van der Waals surface area (Å²) in [5.41, 5.74) is 1.51. The summed E-state index contributed by atoms with van der Waals surface area (Å²) in [4.78, 5) is 26.8. The third-order valence-electron chi connectivity index (χ3n) is 2.69. The highest BCUT2D eigenvalue weighted by Crippen LogP contribution is 2.18. The molecule has 0 aliphatic carbocycles. The first kappa shape index (κ1) is 14.0. The van der Waals surface area contributed by atoms with E-state index in [4.69, 9.17) is 16.7 Å². The van der Waals surface area contributed by atoms with Crippen molar-refractivity contribution in [2.75, 3.05) is 5.32 Å². The normalized spacial score (nSPS) is 10.1. The number of nitrogens with one attached hydrogen (secondary N) is 1. The molecule has 0 bridgehead atoms. The summed E-state index contributed by atoms with van der Waals surface area (Å²) in [5.74, 6) is -1.47. The zero-order chi connectivity index (χ0) is 14.7. The molecule has 20 heavy (non-hydrogen) atoms. The number of carbonyl (C=O) groups excluding carboxylic acids is 1. The number of aryl methyl sites for hydroxylation is 1. The van der Waals surface area contributed by atoms with Crippen LogP contribution in [0.3, 0.4) is 0 Å². The first-order chi connectivity index (χ1) is 9.47. The van der Waals surface area contributed by atoms with E-state index >= 15 is 0 Å². The van der Waals surface area contributed by atoms with Crippen LogP contribution in [0, 0.1) is 6.92 Å². The van der Waals surface area contributed by atoms with Gasteiger partial charge in [0.05, 0.1) is 10.6 Å². The van der Waals surface area contributed by atoms with E-state index in [9.17, 15) is 9.59 Å². The Morgan fingerprint density at radius 2 is 2.00 bits per heavy atom. The van der Waals surface area contributed by atoms with Crippen molar-refractivity contribution in [2.45, 2.75) is 6.92 Å². The van der Waals surface area contributed by atoms with Crippen LogP contribution in [-0.4, -0.2) is 22.0 Å². The second kappa shape index (κ2) is 5.71. The van der Waals surface area contributed by atoms with Gasteiger partial charge in [0.15, 0.2) is 0 Å². The zero-order valence-corrected chi connectivity index (χ0v) is 11.3. The van der Waals surface area contributed by atoms with Crippen molar-refractivity contribution >= 4 is 29.2 Å². The fourth-order valence-corrected chi connectivity index (χ4v) is 1.70. The van der Waals surface area contributed by atoms with Crippen LogP contribution in [0.2, 0.25) is 5.02 Å². The van der Waals surface area contributed by atoms with Crippen LogP contribution in [0.25, 0.3) is 0 Å². The van der Waals surface area contributed by atoms with E-state index in [-0.39, 0.29) is 11.3 Å². The Labute approximate surface area is 120 Å². The Morgan fingerprint density at radius 1 is 1.25 bits per heavy atom. The average molecular weight is 291 g/mol. The molecule has 1 amide bonds. The van der Waals surface area contributed by atoms with Crippen molar-refractivity contribution in [1.29, 1.82) is 0 Å². The first-order valence-corrected chi connectivity index (χ1v) is 6.12. The van der Waals surface area contributed by atoms with Gasteiger partial charge in [-0.3, -0.25) is 4.79 Å². The molecule has 0 unspecified atom stereocenters. The van der Waals surface area contributed by atoms with Gasteiger partial charge >= 0.3 is 5.97 Å². The number of aromatic nitrogens is 1. The summed E-state index contributed by atoms with van der Waals surface area (Å²) >= 11 is 5.70. The molecule has 2 N–H and O–H groups in total. The fraction of sp³-hybridized carbons (Fsp3) is 0.0714. The van der Waals surface area contributed by atoms with E-state index in [0.29, 0.717) is 10.7 Å². The van der Waals surface area contributed by atoms with Crippen LogP contribution in [0.15, 0.2) is 36.5 Å². The second-order valence-electron chi connectivity index (χ2n) is 4.15. The van der Waals surface area contributed by atoms with E-state index in [1.54, 1.807) is 19.1 Å². The molecule has 2 aromatic rings. The molecule has 0 saturated carbocycles. The Kier molecular flexibility index (Phi) is 4.00. The van der Waals surface area contributed by atoms with Crippen molar-refractivity contribution in [3.63, 3.8) is 0 Å². The number of anilines is 1. The van der Waals surface area contributed by atoms with Crippen LogP contribution < -0.4 is 5.32 Å². The maximum atomic E-state index is 12.0. The molecule has 0 radical (unpaired) electrons. The molecule has 0 fully saturated rings. The minimum atomic E-state index is -1.05. The van der Waals surface area contributed by atoms with Crippen LogP contribution in [0.1, 0.15) is 26.4 Å². The number of aromatic carboxylic acids is 1. The minimum Gasteiger partial charge on any atom is -0.478 e. The van der Waals surface area contributed by atoms with Crippen molar-refractivity contribution in [2.24, 2.45) is 0 Å². The lowest BCUT2D eigenvalue weighted by molar-refractivity contribution is 0.0696. The van der Waals surface area contributed by atoms with Gasteiger partial charge in [-0.05, 0) is 36.8 Å². The maximum Gasteiger partial charge on any atom is 0.335 e. The number of rotatable bonds is 3. The topological polar surface area (TPSA) is 79.3 Å². The summed E-state index contributed by atoms with van der Waals surface area (Å²) in [6.45, 7) is 1.77. The van der Waals surface area contributed by atoms with Gasteiger partial charge in [0.2, 0.25) is 0 Å². The molecule has 0 aliphatic heterocycles. The molecular weight excluding hydrogens is 280 g/mol. The zero-order valence-electron chi connectivity index (χ0n) is 10.6. The Hall–Kier alpha value is -2.40. The summed E-state index contributed by atoms with van der Waals surface area (Å²) < 4.78 is 0. The number of benzene rings is 1. The van der Waals surface area contributed by atoms with Crippen molar-refractivity contribution in [1.82, 2.24) is 4.98 Å². The Morgan fingerprint density at radius 3 is 2.60 bits per heavy atom. The monoisotopic (exact) mass is 290 g/mol. The molecule has 0 saturated heterocycles. The number of carbonyl (C=O) groups is 2. The highest BCUT2D eigenvalue weighted by atomic mass is 35.5. The second-order valence-corrected chi connectivity index (χ2v) is 4.59. The van der Waals surface area contributed by atoms with Crippen molar-refractivity contribution < 1.29 is 14.7 Å². The van der Waals surface area contributed by atoms with Gasteiger partial charge in [-0.15, -0.1) is 0 Å². The van der Waals surface area contributed by atoms with Gasteiger partial charge < -0.3 is 10.4 Å². The number of hydrogen-bond donors (Lipinski definition) is 2. The van der Waals surface area contributed by atoms with Crippen molar-refractivity contribution in [3.05, 3.63) is 58.4 Å². The Bertz CT molecular complexity index is 669. The lowest BCUT2D eigenvalue weighted by Gasteiger charge is -2.09. The van der Waals surface area contributed by atoms with Gasteiger partial charge in [0.1, 0.15) is 5.69 Å². The molecule has 5 nitrogen and oxygen atoms in total. The number of carboxylic acid groups (broad SMARTS) is 1. The quantitative estimate of drug-likeness (QED) is 0.911.